The first-order valence-corrected chi connectivity index (χ1v) is 9.85. The number of aromatic amines is 1. The largest absolute Gasteiger partial charge is 0.382 e. The number of aromatic nitrogens is 3. The van der Waals surface area contributed by atoms with Gasteiger partial charge in [0.25, 0.3) is 5.91 Å². The lowest BCUT2D eigenvalue weighted by Crippen LogP contribution is -2.34. The number of hydrogen-bond acceptors (Lipinski definition) is 5. The number of allylic oxidation sites excluding steroid dienone is 1. The van der Waals surface area contributed by atoms with Crippen LogP contribution >= 0.6 is 0 Å². The van der Waals surface area contributed by atoms with E-state index >= 15 is 0 Å². The van der Waals surface area contributed by atoms with Crippen molar-refractivity contribution in [2.24, 2.45) is 0 Å². The number of H-pyrrole nitrogens is 1. The Balaban J connectivity index is 1.75. The zero-order valence-electron chi connectivity index (χ0n) is 16.5. The monoisotopic (exact) mass is 389 g/mol. The van der Waals surface area contributed by atoms with E-state index in [0.717, 1.165) is 45.9 Å². The highest BCUT2D eigenvalue weighted by Crippen LogP contribution is 2.34. The fourth-order valence-corrected chi connectivity index (χ4v) is 4.17. The van der Waals surface area contributed by atoms with Gasteiger partial charge in [-0.25, -0.2) is 9.97 Å². The summed E-state index contributed by atoms with van der Waals surface area (Å²) in [4.78, 5) is 25.6. The fraction of sp³-hybridized carbons (Fsp3) is 0.318. The third-order valence-corrected chi connectivity index (χ3v) is 5.63. The van der Waals surface area contributed by atoms with Crippen molar-refractivity contribution < 1.29 is 9.53 Å². The van der Waals surface area contributed by atoms with Crippen molar-refractivity contribution >= 4 is 22.8 Å². The van der Waals surface area contributed by atoms with Gasteiger partial charge < -0.3 is 20.4 Å². The Morgan fingerprint density at radius 2 is 2.14 bits per heavy atom. The lowest BCUT2D eigenvalue weighted by molar-refractivity contribution is 0.0940. The lowest BCUT2D eigenvalue weighted by atomic mass is 9.94. The molecule has 7 heteroatoms. The number of carbonyl (C=O) groups is 1. The second kappa shape index (κ2) is 7.00. The van der Waals surface area contributed by atoms with Crippen LogP contribution in [0.5, 0.6) is 0 Å². The van der Waals surface area contributed by atoms with Gasteiger partial charge in [0.2, 0.25) is 0 Å². The van der Waals surface area contributed by atoms with Crippen LogP contribution in [-0.2, 0) is 4.74 Å². The fourth-order valence-electron chi connectivity index (χ4n) is 4.17. The number of carbonyl (C=O) groups excluding carboxylic acids is 1. The predicted octanol–water partition coefficient (Wildman–Crippen LogP) is 3.15. The maximum absolute atomic E-state index is 12.5. The highest BCUT2D eigenvalue weighted by atomic mass is 16.5. The van der Waals surface area contributed by atoms with E-state index < -0.39 is 0 Å². The number of fused-ring (bicyclic) bond motifs is 3. The number of rotatable bonds is 2. The summed E-state index contributed by atoms with van der Waals surface area (Å²) in [6, 6.07) is 7.87. The molecule has 0 aliphatic carbocycles. The normalized spacial score (nSPS) is 20.6. The van der Waals surface area contributed by atoms with E-state index in [9.17, 15) is 4.79 Å². The van der Waals surface area contributed by atoms with Crippen molar-refractivity contribution in [3.8, 4) is 11.3 Å². The van der Waals surface area contributed by atoms with Crippen molar-refractivity contribution in [1.82, 2.24) is 20.3 Å². The van der Waals surface area contributed by atoms with Crippen LogP contribution < -0.4 is 10.6 Å². The first-order valence-electron chi connectivity index (χ1n) is 9.85. The van der Waals surface area contributed by atoms with Gasteiger partial charge in [-0.15, -0.1) is 0 Å². The average Bonchev–Trinajstić information content (AvgIpc) is 3.16. The van der Waals surface area contributed by atoms with Crippen LogP contribution in [0.2, 0.25) is 0 Å². The molecule has 2 unspecified atom stereocenters. The molecule has 4 bridgehead atoms. The molecular weight excluding hydrogens is 366 g/mol. The lowest BCUT2D eigenvalue weighted by Gasteiger charge is -2.22. The van der Waals surface area contributed by atoms with E-state index in [2.05, 4.69) is 27.8 Å². The van der Waals surface area contributed by atoms with Crippen LogP contribution in [0, 0.1) is 6.92 Å². The Bertz CT molecular complexity index is 1130. The molecule has 0 radical (unpaired) electrons. The van der Waals surface area contributed by atoms with Crippen molar-refractivity contribution in [1.29, 1.82) is 0 Å². The molecule has 1 amide bonds. The Morgan fingerprint density at radius 1 is 1.24 bits per heavy atom. The molecule has 0 saturated carbocycles. The Labute approximate surface area is 168 Å². The standard InChI is InChI=1S/C22H23N5O2/c1-12-21-25-14(11-29-2)6-3-5-13-10-23-22(28)16-9-18(26-19(13)16)15-7-4-8-17(24-12)20(15)27-21/h3-4,6-9,13-14,26H,5,10-11H2,1-2H3,(H,23,28)(H,25,27). The number of methoxy groups -OCH3 is 1. The maximum atomic E-state index is 12.5. The molecule has 5 rings (SSSR count). The number of anilines is 1. The van der Waals surface area contributed by atoms with Crippen molar-refractivity contribution in [3.63, 3.8) is 0 Å². The zero-order chi connectivity index (χ0) is 20.0. The van der Waals surface area contributed by atoms with E-state index in [0.29, 0.717) is 18.7 Å². The van der Waals surface area contributed by atoms with Gasteiger partial charge >= 0.3 is 0 Å². The number of benzene rings is 1. The van der Waals surface area contributed by atoms with Gasteiger partial charge in [-0.05, 0) is 25.5 Å². The third-order valence-electron chi connectivity index (χ3n) is 5.63. The van der Waals surface area contributed by atoms with E-state index in [1.807, 2.05) is 31.2 Å². The van der Waals surface area contributed by atoms with Crippen LogP contribution in [0.4, 0.5) is 5.82 Å². The van der Waals surface area contributed by atoms with E-state index in [1.165, 1.54) is 0 Å². The molecule has 7 nitrogen and oxygen atoms in total. The molecule has 1 aromatic carbocycles. The number of amides is 1. The summed E-state index contributed by atoms with van der Waals surface area (Å²) in [7, 11) is 1.69. The average molecular weight is 389 g/mol. The predicted molar refractivity (Wildman–Crippen MR) is 112 cm³/mol. The summed E-state index contributed by atoms with van der Waals surface area (Å²) in [5.74, 6) is 0.910. The van der Waals surface area contributed by atoms with Crippen molar-refractivity contribution in [3.05, 3.63) is 53.4 Å². The van der Waals surface area contributed by atoms with E-state index in [-0.39, 0.29) is 17.9 Å². The van der Waals surface area contributed by atoms with Gasteiger partial charge in [0.05, 0.1) is 29.4 Å². The smallest absolute Gasteiger partial charge is 0.253 e. The SMILES string of the molecule is COCC1C=CCC2CNC(=O)c3cc([nH]c32)-c2cccc3nc(C)c(nc23)N1. The molecule has 0 saturated heterocycles. The van der Waals surface area contributed by atoms with Gasteiger partial charge in [-0.1, -0.05) is 24.3 Å². The molecular formula is C22H23N5O2. The molecule has 148 valence electrons. The van der Waals surface area contributed by atoms with Gasteiger partial charge in [0.1, 0.15) is 11.3 Å². The van der Waals surface area contributed by atoms with Gasteiger partial charge in [-0.2, -0.15) is 0 Å². The quantitative estimate of drug-likeness (QED) is 0.586. The number of nitrogens with one attached hydrogen (secondary N) is 3. The first kappa shape index (κ1) is 17.9. The minimum Gasteiger partial charge on any atom is -0.382 e. The molecule has 0 fully saturated rings. The van der Waals surface area contributed by atoms with Crippen molar-refractivity contribution in [2.75, 3.05) is 25.6 Å². The summed E-state index contributed by atoms with van der Waals surface area (Å²) < 4.78 is 5.39. The highest BCUT2D eigenvalue weighted by molar-refractivity contribution is 6.00. The number of aryl methyl sites for hydroxylation is 1. The van der Waals surface area contributed by atoms with E-state index in [4.69, 9.17) is 14.7 Å². The molecule has 3 N–H and O–H groups in total. The van der Waals surface area contributed by atoms with Gasteiger partial charge in [0.15, 0.2) is 0 Å². The summed E-state index contributed by atoms with van der Waals surface area (Å²) in [5, 5.41) is 6.48. The molecule has 3 aromatic rings. The third kappa shape index (κ3) is 3.07. The molecule has 2 aliphatic heterocycles. The van der Waals surface area contributed by atoms with E-state index in [1.54, 1.807) is 7.11 Å². The molecule has 0 spiro atoms. The maximum Gasteiger partial charge on any atom is 0.253 e. The number of ether oxygens (including phenoxy) is 1. The Hall–Kier alpha value is -3.19. The minimum atomic E-state index is -0.0309. The van der Waals surface area contributed by atoms with Crippen LogP contribution in [0.3, 0.4) is 0 Å². The summed E-state index contributed by atoms with van der Waals surface area (Å²) in [5.41, 5.74) is 6.00. The number of para-hydroxylation sites is 1. The molecule has 2 aromatic heterocycles. The second-order valence-corrected chi connectivity index (χ2v) is 7.62. The van der Waals surface area contributed by atoms with Crippen LogP contribution in [0.25, 0.3) is 22.3 Å². The van der Waals surface area contributed by atoms with Gasteiger partial charge in [-0.3, -0.25) is 4.79 Å². The zero-order valence-corrected chi connectivity index (χ0v) is 16.5. The van der Waals surface area contributed by atoms with Crippen LogP contribution in [-0.4, -0.2) is 47.2 Å². The van der Waals surface area contributed by atoms with Crippen LogP contribution in [0.1, 0.15) is 34.1 Å². The first-order chi connectivity index (χ1) is 14.1. The van der Waals surface area contributed by atoms with Crippen LogP contribution in [0.15, 0.2) is 36.4 Å². The Kier molecular flexibility index (Phi) is 4.32. The minimum absolute atomic E-state index is 0.0191. The summed E-state index contributed by atoms with van der Waals surface area (Å²) in [6.45, 7) is 3.10. The topological polar surface area (TPSA) is 91.9 Å². The summed E-state index contributed by atoms with van der Waals surface area (Å²) >= 11 is 0. The number of hydrogen-bond donors (Lipinski definition) is 3. The molecule has 29 heavy (non-hydrogen) atoms. The van der Waals surface area contributed by atoms with Crippen molar-refractivity contribution in [2.45, 2.75) is 25.3 Å². The molecule has 2 atom stereocenters. The molecule has 2 aliphatic rings. The highest BCUT2D eigenvalue weighted by Gasteiger charge is 2.28. The Morgan fingerprint density at radius 3 is 3.00 bits per heavy atom. The second-order valence-electron chi connectivity index (χ2n) is 7.62. The number of nitrogens with zero attached hydrogens (tertiary/aromatic N) is 2. The summed E-state index contributed by atoms with van der Waals surface area (Å²) in [6.07, 6.45) is 5.08. The molecule has 4 heterocycles. The van der Waals surface area contributed by atoms with Gasteiger partial charge in [0, 0.05) is 36.5 Å².